The van der Waals surface area contributed by atoms with Gasteiger partial charge in [0.05, 0.1) is 6.54 Å². The highest BCUT2D eigenvalue weighted by Crippen LogP contribution is 2.17. The standard InChI is InChI=1S/C14H30N4.HI/c1-4-7-16-14(15)17-11-13(10-12(2)3)18-8-5-6-9-18;/h12-13H,4-11H2,1-3H3,(H3,15,16,17);1H. The molecule has 1 saturated heterocycles. The molecule has 1 atom stereocenters. The molecule has 1 unspecified atom stereocenters. The van der Waals surface area contributed by atoms with Gasteiger partial charge in [-0.05, 0) is 44.7 Å². The number of rotatable bonds is 7. The van der Waals surface area contributed by atoms with Crippen molar-refractivity contribution in [3.05, 3.63) is 0 Å². The second-order valence-corrected chi connectivity index (χ2v) is 5.68. The average Bonchev–Trinajstić information content (AvgIpc) is 2.85. The van der Waals surface area contributed by atoms with Crippen molar-refractivity contribution in [2.75, 3.05) is 26.2 Å². The highest BCUT2D eigenvalue weighted by Gasteiger charge is 2.22. The summed E-state index contributed by atoms with van der Waals surface area (Å²) in [5, 5.41) is 3.14. The van der Waals surface area contributed by atoms with E-state index >= 15 is 0 Å². The van der Waals surface area contributed by atoms with Crippen molar-refractivity contribution in [2.45, 2.75) is 52.5 Å². The third-order valence-electron chi connectivity index (χ3n) is 3.43. The molecule has 114 valence electrons. The molecule has 0 saturated carbocycles. The van der Waals surface area contributed by atoms with Gasteiger partial charge >= 0.3 is 0 Å². The number of nitrogens with one attached hydrogen (secondary N) is 1. The summed E-state index contributed by atoms with van der Waals surface area (Å²) in [5.41, 5.74) is 5.86. The van der Waals surface area contributed by atoms with E-state index in [1.807, 2.05) is 0 Å². The smallest absolute Gasteiger partial charge is 0.188 e. The van der Waals surface area contributed by atoms with Crippen molar-refractivity contribution in [3.8, 4) is 0 Å². The molecular weight excluding hydrogens is 351 g/mol. The topological polar surface area (TPSA) is 53.6 Å². The van der Waals surface area contributed by atoms with Crippen LogP contribution in [-0.2, 0) is 0 Å². The Morgan fingerprint density at radius 2 is 1.95 bits per heavy atom. The van der Waals surface area contributed by atoms with Crippen LogP contribution in [0, 0.1) is 5.92 Å². The Labute approximate surface area is 135 Å². The Balaban J connectivity index is 0.00000324. The number of likely N-dealkylation sites (tertiary alicyclic amines) is 1. The van der Waals surface area contributed by atoms with Crippen LogP contribution < -0.4 is 11.1 Å². The lowest BCUT2D eigenvalue weighted by Crippen LogP contribution is -2.38. The second-order valence-electron chi connectivity index (χ2n) is 5.68. The van der Waals surface area contributed by atoms with E-state index in [0.29, 0.717) is 12.0 Å². The minimum Gasteiger partial charge on any atom is -0.370 e. The minimum atomic E-state index is 0. The summed E-state index contributed by atoms with van der Waals surface area (Å²) in [6, 6.07) is 0.564. The van der Waals surface area contributed by atoms with Crippen LogP contribution in [0.4, 0.5) is 0 Å². The lowest BCUT2D eigenvalue weighted by Gasteiger charge is -2.27. The van der Waals surface area contributed by atoms with Crippen LogP contribution in [0.25, 0.3) is 0 Å². The van der Waals surface area contributed by atoms with Gasteiger partial charge in [0.2, 0.25) is 0 Å². The molecule has 3 N–H and O–H groups in total. The maximum atomic E-state index is 5.86. The van der Waals surface area contributed by atoms with E-state index in [-0.39, 0.29) is 24.0 Å². The fourth-order valence-corrected chi connectivity index (χ4v) is 2.50. The minimum absolute atomic E-state index is 0. The molecule has 0 bridgehead atoms. The Hall–Kier alpha value is -0.0400. The molecule has 0 aromatic rings. The van der Waals surface area contributed by atoms with Crippen molar-refractivity contribution < 1.29 is 0 Å². The van der Waals surface area contributed by atoms with E-state index in [0.717, 1.165) is 25.4 Å². The molecule has 19 heavy (non-hydrogen) atoms. The fourth-order valence-electron chi connectivity index (χ4n) is 2.50. The van der Waals surface area contributed by atoms with Crippen molar-refractivity contribution >= 4 is 29.9 Å². The molecule has 0 spiro atoms. The van der Waals surface area contributed by atoms with Gasteiger partial charge < -0.3 is 11.1 Å². The lowest BCUT2D eigenvalue weighted by atomic mass is 10.0. The number of nitrogens with zero attached hydrogens (tertiary/aromatic N) is 2. The number of hydrogen-bond donors (Lipinski definition) is 2. The van der Waals surface area contributed by atoms with E-state index in [2.05, 4.69) is 36.0 Å². The van der Waals surface area contributed by atoms with Crippen LogP contribution in [0.3, 0.4) is 0 Å². The Morgan fingerprint density at radius 3 is 2.47 bits per heavy atom. The second kappa shape index (κ2) is 10.7. The molecule has 4 nitrogen and oxygen atoms in total. The quantitative estimate of drug-likeness (QED) is 0.404. The highest BCUT2D eigenvalue weighted by molar-refractivity contribution is 14.0. The van der Waals surface area contributed by atoms with Crippen LogP contribution in [0.5, 0.6) is 0 Å². The maximum Gasteiger partial charge on any atom is 0.188 e. The summed E-state index contributed by atoms with van der Waals surface area (Å²) < 4.78 is 0. The molecule has 1 heterocycles. The molecule has 1 fully saturated rings. The molecule has 0 radical (unpaired) electrons. The number of halogens is 1. The van der Waals surface area contributed by atoms with Gasteiger partial charge in [0.15, 0.2) is 5.96 Å². The molecule has 0 aromatic carbocycles. The van der Waals surface area contributed by atoms with Gasteiger partial charge in [-0.15, -0.1) is 24.0 Å². The van der Waals surface area contributed by atoms with Crippen LogP contribution in [0.2, 0.25) is 0 Å². The van der Waals surface area contributed by atoms with Crippen molar-refractivity contribution in [1.29, 1.82) is 0 Å². The van der Waals surface area contributed by atoms with E-state index < -0.39 is 0 Å². The normalized spacial score (nSPS) is 18.4. The van der Waals surface area contributed by atoms with Gasteiger partial charge in [0.1, 0.15) is 0 Å². The van der Waals surface area contributed by atoms with Crippen LogP contribution in [0.15, 0.2) is 4.99 Å². The largest absolute Gasteiger partial charge is 0.370 e. The fraction of sp³-hybridized carbons (Fsp3) is 0.929. The number of nitrogens with two attached hydrogens (primary N) is 1. The van der Waals surface area contributed by atoms with Gasteiger partial charge in [0.25, 0.3) is 0 Å². The van der Waals surface area contributed by atoms with Crippen LogP contribution in [-0.4, -0.2) is 43.1 Å². The van der Waals surface area contributed by atoms with E-state index in [1.54, 1.807) is 0 Å². The predicted molar refractivity (Wildman–Crippen MR) is 94.2 cm³/mol. The molecule has 1 aliphatic rings. The first kappa shape index (κ1) is 19.0. The van der Waals surface area contributed by atoms with E-state index in [4.69, 9.17) is 5.73 Å². The third-order valence-corrected chi connectivity index (χ3v) is 3.43. The first-order valence-electron chi connectivity index (χ1n) is 7.41. The van der Waals surface area contributed by atoms with E-state index in [1.165, 1.54) is 32.4 Å². The van der Waals surface area contributed by atoms with E-state index in [9.17, 15) is 0 Å². The molecule has 0 aromatic heterocycles. The molecule has 0 amide bonds. The van der Waals surface area contributed by atoms with Gasteiger partial charge in [-0.25, -0.2) is 0 Å². The number of guanidine groups is 1. The molecule has 1 rings (SSSR count). The summed E-state index contributed by atoms with van der Waals surface area (Å²) in [6.45, 7) is 10.9. The van der Waals surface area contributed by atoms with Crippen molar-refractivity contribution in [2.24, 2.45) is 16.6 Å². The van der Waals surface area contributed by atoms with Gasteiger partial charge in [-0.1, -0.05) is 20.8 Å². The summed E-state index contributed by atoms with van der Waals surface area (Å²) in [4.78, 5) is 7.08. The third kappa shape index (κ3) is 7.97. The summed E-state index contributed by atoms with van der Waals surface area (Å²) in [6.07, 6.45) is 4.96. The number of aliphatic imine (C=N–C) groups is 1. The molecule has 5 heteroatoms. The summed E-state index contributed by atoms with van der Waals surface area (Å²) in [7, 11) is 0. The Morgan fingerprint density at radius 1 is 1.32 bits per heavy atom. The van der Waals surface area contributed by atoms with Crippen molar-refractivity contribution in [1.82, 2.24) is 10.2 Å². The average molecular weight is 382 g/mol. The zero-order valence-corrected chi connectivity index (χ0v) is 15.0. The first-order chi connectivity index (χ1) is 8.63. The Bertz CT molecular complexity index is 250. The van der Waals surface area contributed by atoms with Crippen LogP contribution in [0.1, 0.15) is 46.5 Å². The predicted octanol–water partition coefficient (Wildman–Crippen LogP) is 2.43. The lowest BCUT2D eigenvalue weighted by molar-refractivity contribution is 0.218. The van der Waals surface area contributed by atoms with Crippen LogP contribution >= 0.6 is 24.0 Å². The summed E-state index contributed by atoms with van der Waals surface area (Å²) in [5.74, 6) is 1.32. The van der Waals surface area contributed by atoms with Gasteiger partial charge in [-0.2, -0.15) is 0 Å². The monoisotopic (exact) mass is 382 g/mol. The SMILES string of the molecule is CCCNC(N)=NCC(CC(C)C)N1CCCC1.I. The van der Waals surface area contributed by atoms with Crippen molar-refractivity contribution in [3.63, 3.8) is 0 Å². The highest BCUT2D eigenvalue weighted by atomic mass is 127. The molecule has 1 aliphatic heterocycles. The first-order valence-corrected chi connectivity index (χ1v) is 7.41. The summed E-state index contributed by atoms with van der Waals surface area (Å²) >= 11 is 0. The maximum absolute atomic E-state index is 5.86. The molecule has 0 aliphatic carbocycles. The van der Waals surface area contributed by atoms with Gasteiger partial charge in [0, 0.05) is 12.6 Å². The Kier molecular flexibility index (Phi) is 10.7. The van der Waals surface area contributed by atoms with Gasteiger partial charge in [-0.3, -0.25) is 9.89 Å². The molecular formula is C14H31IN4. The number of hydrogen-bond acceptors (Lipinski definition) is 2. The zero-order valence-electron chi connectivity index (χ0n) is 12.7. The zero-order chi connectivity index (χ0) is 13.4.